The lowest BCUT2D eigenvalue weighted by atomic mass is 10.1. The molecule has 0 fully saturated rings. The van der Waals surface area contributed by atoms with E-state index in [1.807, 2.05) is 12.1 Å². The molecule has 0 aliphatic rings. The molecule has 2 nitrogen and oxygen atoms in total. The molecule has 0 unspecified atom stereocenters. The van der Waals surface area contributed by atoms with Gasteiger partial charge in [-0.2, -0.15) is 0 Å². The maximum absolute atomic E-state index is 5.89. The molecule has 0 saturated carbocycles. The van der Waals surface area contributed by atoms with E-state index < -0.39 is 0 Å². The van der Waals surface area contributed by atoms with Crippen molar-refractivity contribution in [2.24, 2.45) is 0 Å². The van der Waals surface area contributed by atoms with Gasteiger partial charge in [-0.1, -0.05) is 57.9 Å². The van der Waals surface area contributed by atoms with Crippen LogP contribution in [0.5, 0.6) is 0 Å². The molecule has 108 valence electrons. The van der Waals surface area contributed by atoms with E-state index in [0.29, 0.717) is 0 Å². The molecule has 2 heteroatoms. The van der Waals surface area contributed by atoms with Gasteiger partial charge in [0, 0.05) is 17.9 Å². The molecule has 1 aromatic rings. The topological polar surface area (TPSA) is 38.0 Å². The van der Waals surface area contributed by atoms with Crippen molar-refractivity contribution >= 4 is 11.4 Å². The summed E-state index contributed by atoms with van der Waals surface area (Å²) in [5, 5.41) is 3.48. The van der Waals surface area contributed by atoms with Crippen LogP contribution in [0.1, 0.15) is 63.9 Å². The lowest BCUT2D eigenvalue weighted by Gasteiger charge is -2.11. The fraction of sp³-hybridized carbons (Fsp3) is 0.647. The summed E-state index contributed by atoms with van der Waals surface area (Å²) in [7, 11) is 0. The highest BCUT2D eigenvalue weighted by molar-refractivity contribution is 5.62. The average Bonchev–Trinajstić information content (AvgIpc) is 2.41. The van der Waals surface area contributed by atoms with Crippen LogP contribution in [-0.2, 0) is 0 Å². The van der Waals surface area contributed by atoms with Gasteiger partial charge in [-0.05, 0) is 31.0 Å². The maximum atomic E-state index is 5.89. The number of benzene rings is 1. The Balaban J connectivity index is 2.03. The van der Waals surface area contributed by atoms with E-state index in [1.165, 1.54) is 62.6 Å². The smallest absolute Gasteiger partial charge is 0.0390 e. The van der Waals surface area contributed by atoms with Gasteiger partial charge in [-0.25, -0.2) is 0 Å². The van der Waals surface area contributed by atoms with Crippen LogP contribution in [0.2, 0.25) is 0 Å². The van der Waals surface area contributed by atoms with Crippen molar-refractivity contribution in [2.45, 2.75) is 65.2 Å². The summed E-state index contributed by atoms with van der Waals surface area (Å²) in [6.45, 7) is 5.40. The standard InChI is InChI=1S/C17H30N2/c1-3-4-5-6-7-8-9-10-14-19-17-13-11-12-16(18)15(17)2/h11-13,19H,3-10,14,18H2,1-2H3. The molecule has 0 heterocycles. The zero-order valence-electron chi connectivity index (χ0n) is 12.7. The van der Waals surface area contributed by atoms with E-state index in [1.54, 1.807) is 0 Å². The van der Waals surface area contributed by atoms with Crippen LogP contribution in [0.15, 0.2) is 18.2 Å². The van der Waals surface area contributed by atoms with Gasteiger partial charge in [0.05, 0.1) is 0 Å². The van der Waals surface area contributed by atoms with Crippen LogP contribution in [0.25, 0.3) is 0 Å². The Morgan fingerprint density at radius 2 is 1.58 bits per heavy atom. The van der Waals surface area contributed by atoms with E-state index in [-0.39, 0.29) is 0 Å². The number of unbranched alkanes of at least 4 members (excludes halogenated alkanes) is 7. The summed E-state index contributed by atoms with van der Waals surface area (Å²) in [5.74, 6) is 0. The molecule has 0 radical (unpaired) electrons. The van der Waals surface area contributed by atoms with Gasteiger partial charge in [0.25, 0.3) is 0 Å². The van der Waals surface area contributed by atoms with Crippen molar-refractivity contribution in [2.75, 3.05) is 17.6 Å². The first-order chi connectivity index (χ1) is 9.25. The minimum absolute atomic E-state index is 0.876. The average molecular weight is 262 g/mol. The number of nitrogens with two attached hydrogens (primary N) is 1. The van der Waals surface area contributed by atoms with Crippen LogP contribution in [0.3, 0.4) is 0 Å². The van der Waals surface area contributed by atoms with Crippen molar-refractivity contribution in [3.05, 3.63) is 23.8 Å². The molecule has 0 atom stereocenters. The number of rotatable bonds is 10. The second kappa shape index (κ2) is 9.71. The second-order valence-corrected chi connectivity index (χ2v) is 5.42. The van der Waals surface area contributed by atoms with Gasteiger partial charge in [-0.3, -0.25) is 0 Å². The molecular formula is C17H30N2. The zero-order valence-corrected chi connectivity index (χ0v) is 12.7. The van der Waals surface area contributed by atoms with E-state index in [4.69, 9.17) is 5.73 Å². The van der Waals surface area contributed by atoms with E-state index in [9.17, 15) is 0 Å². The molecule has 0 amide bonds. The quantitative estimate of drug-likeness (QED) is 0.453. The number of nitrogen functional groups attached to an aromatic ring is 1. The van der Waals surface area contributed by atoms with Crippen molar-refractivity contribution in [1.29, 1.82) is 0 Å². The Kier molecular flexibility index (Phi) is 8.11. The molecule has 0 aliphatic heterocycles. The largest absolute Gasteiger partial charge is 0.398 e. The first-order valence-corrected chi connectivity index (χ1v) is 7.84. The predicted molar refractivity (Wildman–Crippen MR) is 86.7 cm³/mol. The molecule has 0 saturated heterocycles. The fourth-order valence-corrected chi connectivity index (χ4v) is 2.33. The molecule has 0 aromatic heterocycles. The highest BCUT2D eigenvalue weighted by Gasteiger charge is 1.99. The minimum atomic E-state index is 0.876. The molecule has 19 heavy (non-hydrogen) atoms. The van der Waals surface area contributed by atoms with Crippen LogP contribution in [0.4, 0.5) is 11.4 Å². The summed E-state index contributed by atoms with van der Waals surface area (Å²) in [4.78, 5) is 0. The fourth-order valence-electron chi connectivity index (χ4n) is 2.33. The number of hydrogen-bond acceptors (Lipinski definition) is 2. The molecule has 0 spiro atoms. The Hall–Kier alpha value is -1.18. The van der Waals surface area contributed by atoms with Gasteiger partial charge in [0.1, 0.15) is 0 Å². The van der Waals surface area contributed by atoms with Crippen LogP contribution >= 0.6 is 0 Å². The highest BCUT2D eigenvalue weighted by Crippen LogP contribution is 2.20. The SMILES string of the molecule is CCCCCCCCCCNc1cccc(N)c1C. The van der Waals surface area contributed by atoms with E-state index in [2.05, 4.69) is 25.2 Å². The number of nitrogens with one attached hydrogen (secondary N) is 1. The summed E-state index contributed by atoms with van der Waals surface area (Å²) in [5.41, 5.74) is 9.12. The molecule has 1 rings (SSSR count). The predicted octanol–water partition coefficient (Wildman–Crippen LogP) is 5.13. The molecule has 1 aromatic carbocycles. The third-order valence-corrected chi connectivity index (χ3v) is 3.72. The molecule has 0 bridgehead atoms. The first-order valence-electron chi connectivity index (χ1n) is 7.84. The third-order valence-electron chi connectivity index (χ3n) is 3.72. The lowest BCUT2D eigenvalue weighted by Crippen LogP contribution is -2.04. The number of hydrogen-bond donors (Lipinski definition) is 2. The summed E-state index contributed by atoms with van der Waals surface area (Å²) >= 11 is 0. The highest BCUT2D eigenvalue weighted by atomic mass is 14.9. The van der Waals surface area contributed by atoms with E-state index in [0.717, 1.165) is 12.2 Å². The Labute approximate surface area is 118 Å². The van der Waals surface area contributed by atoms with Gasteiger partial charge >= 0.3 is 0 Å². The van der Waals surface area contributed by atoms with Gasteiger partial charge < -0.3 is 11.1 Å². The lowest BCUT2D eigenvalue weighted by molar-refractivity contribution is 0.581. The normalized spacial score (nSPS) is 10.6. The van der Waals surface area contributed by atoms with Gasteiger partial charge in [0.2, 0.25) is 0 Å². The van der Waals surface area contributed by atoms with Crippen LogP contribution in [-0.4, -0.2) is 6.54 Å². The van der Waals surface area contributed by atoms with Crippen molar-refractivity contribution in [3.63, 3.8) is 0 Å². The Morgan fingerprint density at radius 1 is 0.947 bits per heavy atom. The third kappa shape index (κ3) is 6.51. The van der Waals surface area contributed by atoms with E-state index >= 15 is 0 Å². The maximum Gasteiger partial charge on any atom is 0.0390 e. The molecule has 3 N–H and O–H groups in total. The second-order valence-electron chi connectivity index (χ2n) is 5.42. The zero-order chi connectivity index (χ0) is 13.9. The Bertz CT molecular complexity index is 347. The molecule has 0 aliphatic carbocycles. The summed E-state index contributed by atoms with van der Waals surface area (Å²) < 4.78 is 0. The van der Waals surface area contributed by atoms with Crippen molar-refractivity contribution in [1.82, 2.24) is 0 Å². The summed E-state index contributed by atoms with van der Waals surface area (Å²) in [6.07, 6.45) is 10.9. The summed E-state index contributed by atoms with van der Waals surface area (Å²) in [6, 6.07) is 6.08. The van der Waals surface area contributed by atoms with Crippen LogP contribution < -0.4 is 11.1 Å². The minimum Gasteiger partial charge on any atom is -0.398 e. The van der Waals surface area contributed by atoms with Gasteiger partial charge in [-0.15, -0.1) is 0 Å². The monoisotopic (exact) mass is 262 g/mol. The number of anilines is 2. The van der Waals surface area contributed by atoms with Gasteiger partial charge in [0.15, 0.2) is 0 Å². The Morgan fingerprint density at radius 3 is 2.26 bits per heavy atom. The van der Waals surface area contributed by atoms with Crippen molar-refractivity contribution in [3.8, 4) is 0 Å². The van der Waals surface area contributed by atoms with Crippen LogP contribution in [0, 0.1) is 6.92 Å². The molecular weight excluding hydrogens is 232 g/mol. The first kappa shape index (κ1) is 15.9. The van der Waals surface area contributed by atoms with Crippen molar-refractivity contribution < 1.29 is 0 Å².